The van der Waals surface area contributed by atoms with E-state index in [-0.39, 0.29) is 11.2 Å². The van der Waals surface area contributed by atoms with Crippen LogP contribution in [0.1, 0.15) is 11.1 Å². The molecular weight excluding hydrogens is 333 g/mol. The van der Waals surface area contributed by atoms with Gasteiger partial charge in [0.05, 0.1) is 6.61 Å². The first kappa shape index (κ1) is 14.5. The Morgan fingerprint density at radius 1 is 1.24 bits per heavy atom. The third-order valence-electron chi connectivity index (χ3n) is 4.09. The molecule has 2 aromatic carbocycles. The number of benzene rings is 2. The molecule has 0 saturated carbocycles. The third kappa shape index (κ3) is 2.97. The minimum atomic E-state index is -0.238. The van der Waals surface area contributed by atoms with E-state index in [4.69, 9.17) is 10.5 Å². The Labute approximate surface area is 132 Å². The molecule has 4 heteroatoms. The standard InChI is InChI=1S/C17H17BrFNO/c18-15-7-14(19)6-5-12(15)8-17(10-20)9-13-3-1-2-4-16(13)21-11-17/h1-7H,8-11,20H2. The van der Waals surface area contributed by atoms with Gasteiger partial charge in [-0.2, -0.15) is 0 Å². The molecule has 0 bridgehead atoms. The molecule has 0 fully saturated rings. The molecule has 0 radical (unpaired) electrons. The molecule has 1 heterocycles. The Kier molecular flexibility index (Phi) is 4.00. The quantitative estimate of drug-likeness (QED) is 0.916. The lowest BCUT2D eigenvalue weighted by molar-refractivity contribution is 0.126. The first-order chi connectivity index (χ1) is 10.1. The minimum Gasteiger partial charge on any atom is -0.493 e. The predicted octanol–water partition coefficient (Wildman–Crippen LogP) is 3.71. The second kappa shape index (κ2) is 5.78. The van der Waals surface area contributed by atoms with E-state index in [9.17, 15) is 4.39 Å². The maximum absolute atomic E-state index is 13.2. The molecule has 110 valence electrons. The van der Waals surface area contributed by atoms with Gasteiger partial charge in [-0.3, -0.25) is 0 Å². The van der Waals surface area contributed by atoms with E-state index in [2.05, 4.69) is 22.0 Å². The molecule has 1 unspecified atom stereocenters. The van der Waals surface area contributed by atoms with E-state index in [1.807, 2.05) is 24.3 Å². The first-order valence-corrected chi connectivity index (χ1v) is 7.76. The van der Waals surface area contributed by atoms with Crippen LogP contribution >= 0.6 is 15.9 Å². The molecule has 3 rings (SSSR count). The molecule has 2 nitrogen and oxygen atoms in total. The summed E-state index contributed by atoms with van der Waals surface area (Å²) in [5.74, 6) is 0.706. The van der Waals surface area contributed by atoms with Crippen LogP contribution in [-0.2, 0) is 12.8 Å². The van der Waals surface area contributed by atoms with Crippen molar-refractivity contribution in [1.29, 1.82) is 0 Å². The van der Waals surface area contributed by atoms with Crippen molar-refractivity contribution in [3.05, 3.63) is 63.9 Å². The van der Waals surface area contributed by atoms with Crippen molar-refractivity contribution in [2.24, 2.45) is 11.1 Å². The topological polar surface area (TPSA) is 35.2 Å². The van der Waals surface area contributed by atoms with E-state index in [1.54, 1.807) is 0 Å². The molecule has 0 aliphatic carbocycles. The van der Waals surface area contributed by atoms with Gasteiger partial charge >= 0.3 is 0 Å². The van der Waals surface area contributed by atoms with Crippen molar-refractivity contribution < 1.29 is 9.13 Å². The summed E-state index contributed by atoms with van der Waals surface area (Å²) >= 11 is 3.44. The minimum absolute atomic E-state index is 0.144. The van der Waals surface area contributed by atoms with Gasteiger partial charge in [0.25, 0.3) is 0 Å². The summed E-state index contributed by atoms with van der Waals surface area (Å²) < 4.78 is 19.9. The average molecular weight is 350 g/mol. The van der Waals surface area contributed by atoms with Gasteiger partial charge in [0.15, 0.2) is 0 Å². The van der Waals surface area contributed by atoms with Crippen LogP contribution in [0.5, 0.6) is 5.75 Å². The highest BCUT2D eigenvalue weighted by molar-refractivity contribution is 9.10. The number of hydrogen-bond acceptors (Lipinski definition) is 2. The van der Waals surface area contributed by atoms with E-state index in [0.29, 0.717) is 13.2 Å². The summed E-state index contributed by atoms with van der Waals surface area (Å²) in [6.45, 7) is 1.12. The van der Waals surface area contributed by atoms with Crippen molar-refractivity contribution in [3.8, 4) is 5.75 Å². The van der Waals surface area contributed by atoms with Crippen LogP contribution in [0.25, 0.3) is 0 Å². The van der Waals surface area contributed by atoms with Crippen molar-refractivity contribution in [3.63, 3.8) is 0 Å². The van der Waals surface area contributed by atoms with Gasteiger partial charge in [0.1, 0.15) is 11.6 Å². The highest BCUT2D eigenvalue weighted by atomic mass is 79.9. The second-order valence-electron chi connectivity index (χ2n) is 5.69. The van der Waals surface area contributed by atoms with Gasteiger partial charge in [-0.15, -0.1) is 0 Å². The number of hydrogen-bond donors (Lipinski definition) is 1. The Morgan fingerprint density at radius 3 is 2.81 bits per heavy atom. The SMILES string of the molecule is NCC1(Cc2ccc(F)cc2Br)COc2ccccc2C1. The Hall–Kier alpha value is -1.39. The Bertz CT molecular complexity index is 661. The van der Waals surface area contributed by atoms with Crippen LogP contribution in [0.3, 0.4) is 0 Å². The molecule has 0 spiro atoms. The summed E-state index contributed by atoms with van der Waals surface area (Å²) in [6, 6.07) is 12.9. The van der Waals surface area contributed by atoms with Crippen LogP contribution in [0.2, 0.25) is 0 Å². The van der Waals surface area contributed by atoms with E-state index >= 15 is 0 Å². The molecule has 1 atom stereocenters. The summed E-state index contributed by atoms with van der Waals surface area (Å²) in [7, 11) is 0. The van der Waals surface area contributed by atoms with Gasteiger partial charge in [-0.05, 0) is 42.2 Å². The fraction of sp³-hybridized carbons (Fsp3) is 0.294. The van der Waals surface area contributed by atoms with Crippen LogP contribution in [0, 0.1) is 11.2 Å². The molecule has 0 amide bonds. The van der Waals surface area contributed by atoms with Crippen molar-refractivity contribution in [2.45, 2.75) is 12.8 Å². The van der Waals surface area contributed by atoms with Crippen LogP contribution in [0.4, 0.5) is 4.39 Å². The Balaban J connectivity index is 1.88. The highest BCUT2D eigenvalue weighted by Crippen LogP contribution is 2.37. The largest absolute Gasteiger partial charge is 0.493 e. The zero-order valence-corrected chi connectivity index (χ0v) is 13.2. The second-order valence-corrected chi connectivity index (χ2v) is 6.54. The molecule has 21 heavy (non-hydrogen) atoms. The first-order valence-electron chi connectivity index (χ1n) is 6.97. The molecule has 1 aliphatic rings. The predicted molar refractivity (Wildman–Crippen MR) is 84.9 cm³/mol. The maximum Gasteiger partial charge on any atom is 0.124 e. The van der Waals surface area contributed by atoms with Crippen LogP contribution < -0.4 is 10.5 Å². The van der Waals surface area contributed by atoms with Crippen LogP contribution in [-0.4, -0.2) is 13.2 Å². The van der Waals surface area contributed by atoms with Gasteiger partial charge < -0.3 is 10.5 Å². The number of rotatable bonds is 3. The summed E-state index contributed by atoms with van der Waals surface area (Å²) in [5.41, 5.74) is 8.16. The summed E-state index contributed by atoms with van der Waals surface area (Å²) in [5, 5.41) is 0. The zero-order chi connectivity index (χ0) is 14.9. The fourth-order valence-corrected chi connectivity index (χ4v) is 3.35. The number of ether oxygens (including phenoxy) is 1. The highest BCUT2D eigenvalue weighted by Gasteiger charge is 2.35. The molecule has 2 aromatic rings. The third-order valence-corrected chi connectivity index (χ3v) is 4.82. The van der Waals surface area contributed by atoms with Gasteiger partial charge in [0.2, 0.25) is 0 Å². The summed E-state index contributed by atoms with van der Waals surface area (Å²) in [6.07, 6.45) is 1.64. The normalized spacial score (nSPS) is 20.7. The zero-order valence-electron chi connectivity index (χ0n) is 11.6. The smallest absolute Gasteiger partial charge is 0.124 e. The number of fused-ring (bicyclic) bond motifs is 1. The lowest BCUT2D eigenvalue weighted by atomic mass is 9.75. The molecule has 0 aromatic heterocycles. The monoisotopic (exact) mass is 349 g/mol. The van der Waals surface area contributed by atoms with Crippen molar-refractivity contribution in [2.75, 3.05) is 13.2 Å². The molecular formula is C17H17BrFNO. The number of para-hydroxylation sites is 1. The maximum atomic E-state index is 13.2. The Morgan fingerprint density at radius 2 is 2.05 bits per heavy atom. The van der Waals surface area contributed by atoms with E-state index < -0.39 is 0 Å². The number of halogens is 2. The summed E-state index contributed by atoms with van der Waals surface area (Å²) in [4.78, 5) is 0. The molecule has 0 saturated heterocycles. The van der Waals surface area contributed by atoms with E-state index in [0.717, 1.165) is 28.6 Å². The van der Waals surface area contributed by atoms with Crippen molar-refractivity contribution >= 4 is 15.9 Å². The van der Waals surface area contributed by atoms with Gasteiger partial charge in [-0.1, -0.05) is 40.2 Å². The lowest BCUT2D eigenvalue weighted by Gasteiger charge is -2.37. The fourth-order valence-electron chi connectivity index (χ4n) is 2.86. The number of nitrogens with two attached hydrogens (primary N) is 1. The van der Waals surface area contributed by atoms with Crippen molar-refractivity contribution in [1.82, 2.24) is 0 Å². The van der Waals surface area contributed by atoms with Gasteiger partial charge in [0, 0.05) is 16.4 Å². The van der Waals surface area contributed by atoms with E-state index in [1.165, 1.54) is 17.7 Å². The van der Waals surface area contributed by atoms with Crippen LogP contribution in [0.15, 0.2) is 46.9 Å². The van der Waals surface area contributed by atoms with Gasteiger partial charge in [-0.25, -0.2) is 4.39 Å². The molecule has 1 aliphatic heterocycles. The lowest BCUT2D eigenvalue weighted by Crippen LogP contribution is -2.43. The molecule has 2 N–H and O–H groups in total. The average Bonchev–Trinajstić information content (AvgIpc) is 2.50.